The van der Waals surface area contributed by atoms with Gasteiger partial charge >= 0.3 is 0 Å². The summed E-state index contributed by atoms with van der Waals surface area (Å²) in [6.45, 7) is 0.660. The van der Waals surface area contributed by atoms with Crippen molar-refractivity contribution in [3.05, 3.63) is 56.8 Å². The first-order valence-corrected chi connectivity index (χ1v) is 9.19. The van der Waals surface area contributed by atoms with E-state index in [1.54, 1.807) is 0 Å². The van der Waals surface area contributed by atoms with Crippen molar-refractivity contribution >= 4 is 52.1 Å². The number of carbonyl (C=O) groups is 1. The Kier molecular flexibility index (Phi) is 8.60. The summed E-state index contributed by atoms with van der Waals surface area (Å²) in [4.78, 5) is 12.0. The van der Waals surface area contributed by atoms with Crippen LogP contribution in [0.2, 0.25) is 15.1 Å². The van der Waals surface area contributed by atoms with Gasteiger partial charge in [0, 0.05) is 17.3 Å². The van der Waals surface area contributed by atoms with Gasteiger partial charge < -0.3 is 20.5 Å². The Hall–Kier alpha value is -1.57. The number of hydrogen-bond acceptors (Lipinski definition) is 4. The molecule has 3 N–H and O–H groups in total. The zero-order valence-corrected chi connectivity index (χ0v) is 16.5. The minimum Gasteiger partial charge on any atom is -0.394 e. The average molecular weight is 436 g/mol. The molecule has 0 aliphatic carbocycles. The second-order valence-corrected chi connectivity index (χ2v) is 6.79. The van der Waals surface area contributed by atoms with Gasteiger partial charge in [-0.15, -0.1) is 0 Å². The van der Waals surface area contributed by atoms with Crippen molar-refractivity contribution in [1.82, 2.24) is 5.32 Å². The molecule has 0 saturated carbocycles. The van der Waals surface area contributed by atoms with E-state index in [0.717, 1.165) is 0 Å². The van der Waals surface area contributed by atoms with E-state index in [1.807, 2.05) is 0 Å². The molecule has 5 nitrogen and oxygen atoms in total. The highest BCUT2D eigenvalue weighted by Crippen LogP contribution is 2.36. The number of nitrogens with one attached hydrogen (secondary N) is 2. The van der Waals surface area contributed by atoms with Crippen LogP contribution >= 0.6 is 34.8 Å². The Balaban J connectivity index is 2.03. The van der Waals surface area contributed by atoms with E-state index in [2.05, 4.69) is 10.6 Å². The fraction of sp³-hybridized carbons (Fsp3) is 0.278. The van der Waals surface area contributed by atoms with Gasteiger partial charge in [-0.1, -0.05) is 34.8 Å². The van der Waals surface area contributed by atoms with Crippen molar-refractivity contribution in [2.75, 3.05) is 31.7 Å². The lowest BCUT2D eigenvalue weighted by molar-refractivity contribution is -0.120. The summed E-state index contributed by atoms with van der Waals surface area (Å²) < 4.78 is 19.1. The molecule has 0 heterocycles. The monoisotopic (exact) mass is 434 g/mol. The molecule has 2 rings (SSSR count). The van der Waals surface area contributed by atoms with Gasteiger partial charge in [-0.3, -0.25) is 4.79 Å². The standard InChI is InChI=1S/C18H18Cl3FN2O3/c19-12-9-14(20)18(15(21)10-12)24-13-1-2-16(22)11(7-13)8-17(26)23-3-5-27-6-4-25/h1-2,7,9-10,24-25H,3-6,8H2,(H,23,26). The molecule has 2 aromatic carbocycles. The SMILES string of the molecule is O=C(Cc1cc(Nc2c(Cl)cc(Cl)cc2Cl)ccc1F)NCCOCCO. The number of benzene rings is 2. The van der Waals surface area contributed by atoms with Gasteiger partial charge in [-0.2, -0.15) is 0 Å². The molecule has 2 aromatic rings. The van der Waals surface area contributed by atoms with Crippen molar-refractivity contribution in [1.29, 1.82) is 0 Å². The van der Waals surface area contributed by atoms with Crippen LogP contribution in [0.15, 0.2) is 30.3 Å². The molecular weight excluding hydrogens is 418 g/mol. The number of aliphatic hydroxyl groups excluding tert-OH is 1. The predicted octanol–water partition coefficient (Wildman–Crippen LogP) is 4.20. The molecule has 0 fully saturated rings. The Bertz CT molecular complexity index is 782. The normalized spacial score (nSPS) is 10.7. The van der Waals surface area contributed by atoms with Crippen LogP contribution in [-0.4, -0.2) is 37.4 Å². The quantitative estimate of drug-likeness (QED) is 0.516. The number of amides is 1. The molecule has 0 atom stereocenters. The average Bonchev–Trinajstić information content (AvgIpc) is 2.60. The molecule has 0 bridgehead atoms. The van der Waals surface area contributed by atoms with Crippen molar-refractivity contribution in [3.8, 4) is 0 Å². The van der Waals surface area contributed by atoms with Gasteiger partial charge in [0.15, 0.2) is 0 Å². The second-order valence-electron chi connectivity index (χ2n) is 5.54. The molecule has 0 unspecified atom stereocenters. The third-order valence-corrected chi connectivity index (χ3v) is 4.29. The van der Waals surface area contributed by atoms with Crippen molar-refractivity contribution < 1.29 is 19.0 Å². The van der Waals surface area contributed by atoms with E-state index in [-0.39, 0.29) is 44.3 Å². The molecular formula is C18H18Cl3FN2O3. The van der Waals surface area contributed by atoms with E-state index >= 15 is 0 Å². The van der Waals surface area contributed by atoms with E-state index in [0.29, 0.717) is 26.4 Å². The topological polar surface area (TPSA) is 70.6 Å². The summed E-state index contributed by atoms with van der Waals surface area (Å²) in [5, 5.41) is 15.3. The molecule has 9 heteroatoms. The van der Waals surface area contributed by atoms with Gasteiger partial charge in [0.05, 0.1) is 42.0 Å². The largest absolute Gasteiger partial charge is 0.394 e. The number of hydrogen-bond donors (Lipinski definition) is 3. The molecule has 1 amide bonds. The molecule has 0 aliphatic rings. The lowest BCUT2D eigenvalue weighted by atomic mass is 10.1. The molecule has 0 spiro atoms. The summed E-state index contributed by atoms with van der Waals surface area (Å²) in [6.07, 6.45) is -0.135. The first kappa shape index (κ1) is 21.7. The van der Waals surface area contributed by atoms with Crippen molar-refractivity contribution in [2.45, 2.75) is 6.42 Å². The summed E-state index contributed by atoms with van der Waals surface area (Å²) in [7, 11) is 0. The highest BCUT2D eigenvalue weighted by Gasteiger charge is 2.12. The summed E-state index contributed by atoms with van der Waals surface area (Å²) in [5.41, 5.74) is 1.18. The van der Waals surface area contributed by atoms with Gasteiger partial charge in [0.25, 0.3) is 0 Å². The first-order valence-electron chi connectivity index (χ1n) is 8.06. The number of rotatable bonds is 9. The lowest BCUT2D eigenvalue weighted by Gasteiger charge is -2.13. The summed E-state index contributed by atoms with van der Waals surface area (Å²) in [5.74, 6) is -0.846. The Morgan fingerprint density at radius 2 is 1.81 bits per heavy atom. The smallest absolute Gasteiger partial charge is 0.224 e. The summed E-state index contributed by atoms with van der Waals surface area (Å²) in [6, 6.07) is 7.36. The van der Waals surface area contributed by atoms with Gasteiger partial charge in [-0.05, 0) is 35.9 Å². The third kappa shape index (κ3) is 6.83. The van der Waals surface area contributed by atoms with Crippen LogP contribution in [-0.2, 0) is 16.0 Å². The number of anilines is 2. The van der Waals surface area contributed by atoms with Crippen LogP contribution in [0.5, 0.6) is 0 Å². The highest BCUT2D eigenvalue weighted by atomic mass is 35.5. The van der Waals surface area contributed by atoms with E-state index in [4.69, 9.17) is 44.6 Å². The minimum atomic E-state index is -0.500. The van der Waals surface area contributed by atoms with E-state index in [1.165, 1.54) is 30.3 Å². The molecule has 0 saturated heterocycles. The van der Waals surface area contributed by atoms with Crippen LogP contribution in [0.1, 0.15) is 5.56 Å². The Morgan fingerprint density at radius 3 is 2.48 bits per heavy atom. The van der Waals surface area contributed by atoms with Crippen LogP contribution in [0.3, 0.4) is 0 Å². The zero-order valence-electron chi connectivity index (χ0n) is 14.2. The number of aliphatic hydroxyl groups is 1. The highest BCUT2D eigenvalue weighted by molar-refractivity contribution is 6.41. The van der Waals surface area contributed by atoms with E-state index in [9.17, 15) is 9.18 Å². The zero-order chi connectivity index (χ0) is 19.8. The minimum absolute atomic E-state index is 0.0827. The van der Waals surface area contributed by atoms with Crippen LogP contribution < -0.4 is 10.6 Å². The molecule has 146 valence electrons. The van der Waals surface area contributed by atoms with Gasteiger partial charge in [-0.25, -0.2) is 4.39 Å². The van der Waals surface area contributed by atoms with Gasteiger partial charge in [0.2, 0.25) is 5.91 Å². The van der Waals surface area contributed by atoms with Crippen LogP contribution in [0.25, 0.3) is 0 Å². The number of halogens is 4. The second kappa shape index (κ2) is 10.7. The number of carbonyl (C=O) groups excluding carboxylic acids is 1. The Labute approximate surface area is 171 Å². The van der Waals surface area contributed by atoms with Crippen LogP contribution in [0, 0.1) is 5.82 Å². The lowest BCUT2D eigenvalue weighted by Crippen LogP contribution is -2.29. The molecule has 0 aliphatic heterocycles. The number of ether oxygens (including phenoxy) is 1. The third-order valence-electron chi connectivity index (χ3n) is 3.48. The van der Waals surface area contributed by atoms with Crippen molar-refractivity contribution in [3.63, 3.8) is 0 Å². The maximum atomic E-state index is 14.0. The van der Waals surface area contributed by atoms with E-state index < -0.39 is 5.82 Å². The maximum Gasteiger partial charge on any atom is 0.224 e. The first-order chi connectivity index (χ1) is 12.9. The fourth-order valence-corrected chi connectivity index (χ4v) is 3.17. The Morgan fingerprint density at radius 1 is 1.11 bits per heavy atom. The summed E-state index contributed by atoms with van der Waals surface area (Å²) >= 11 is 18.2. The molecule has 0 aromatic heterocycles. The van der Waals surface area contributed by atoms with Crippen LogP contribution in [0.4, 0.5) is 15.8 Å². The predicted molar refractivity (Wildman–Crippen MR) is 106 cm³/mol. The van der Waals surface area contributed by atoms with Crippen molar-refractivity contribution in [2.24, 2.45) is 0 Å². The fourth-order valence-electron chi connectivity index (χ4n) is 2.26. The maximum absolute atomic E-state index is 14.0. The van der Waals surface area contributed by atoms with Gasteiger partial charge in [0.1, 0.15) is 5.82 Å². The molecule has 27 heavy (non-hydrogen) atoms. The molecule has 0 radical (unpaired) electrons.